The number of hydrogen-bond acceptors (Lipinski definition) is 5. The quantitative estimate of drug-likeness (QED) is 0.315. The van der Waals surface area contributed by atoms with Gasteiger partial charge in [0, 0.05) is 18.2 Å². The average Bonchev–Trinajstić information content (AvgIpc) is 2.85. The first-order chi connectivity index (χ1) is 12.4. The summed E-state index contributed by atoms with van der Waals surface area (Å²) in [7, 11) is 0. The molecule has 0 radical (unpaired) electrons. The van der Waals surface area contributed by atoms with Crippen molar-refractivity contribution in [3.63, 3.8) is 0 Å². The molecule has 8 nitrogen and oxygen atoms in total. The lowest BCUT2D eigenvalue weighted by molar-refractivity contribution is -0.384. The lowest BCUT2D eigenvalue weighted by Gasteiger charge is -2.19. The number of unbranched alkanes of at least 4 members (excludes halogenated alkanes) is 2. The summed E-state index contributed by atoms with van der Waals surface area (Å²) in [6, 6.07) is 3.51. The smallest absolute Gasteiger partial charge is 0.270 e. The van der Waals surface area contributed by atoms with Crippen LogP contribution in [0.3, 0.4) is 0 Å². The van der Waals surface area contributed by atoms with Gasteiger partial charge in [0.25, 0.3) is 17.5 Å². The Kier molecular flexibility index (Phi) is 6.43. The molecule has 26 heavy (non-hydrogen) atoms. The molecule has 0 bridgehead atoms. The maximum Gasteiger partial charge on any atom is 0.270 e. The van der Waals surface area contributed by atoms with Gasteiger partial charge in [0.15, 0.2) is 0 Å². The summed E-state index contributed by atoms with van der Waals surface area (Å²) < 4.78 is 0. The zero-order chi connectivity index (χ0) is 19.3. The van der Waals surface area contributed by atoms with Gasteiger partial charge in [-0.2, -0.15) is 0 Å². The number of nitrogens with zero attached hydrogens (tertiary/aromatic N) is 2. The second-order valence-corrected chi connectivity index (χ2v) is 6.35. The Balaban J connectivity index is 2.03. The largest absolute Gasteiger partial charge is 0.352 e. The molecular formula is C18H23N3O5. The highest BCUT2D eigenvalue weighted by Crippen LogP contribution is 2.26. The van der Waals surface area contributed by atoms with E-state index in [9.17, 15) is 24.5 Å². The van der Waals surface area contributed by atoms with Crippen LogP contribution in [0, 0.1) is 10.1 Å². The minimum Gasteiger partial charge on any atom is -0.352 e. The first kappa shape index (κ1) is 19.6. The number of carbonyl (C=O) groups is 3. The third-order valence-electron chi connectivity index (χ3n) is 4.48. The predicted molar refractivity (Wildman–Crippen MR) is 94.8 cm³/mol. The summed E-state index contributed by atoms with van der Waals surface area (Å²) in [5, 5.41) is 13.7. The van der Waals surface area contributed by atoms with Gasteiger partial charge in [-0.25, -0.2) is 0 Å². The summed E-state index contributed by atoms with van der Waals surface area (Å²) in [6.07, 6.45) is 4.80. The lowest BCUT2D eigenvalue weighted by atomic mass is 10.1. The zero-order valence-corrected chi connectivity index (χ0v) is 15.0. The minimum atomic E-state index is -0.678. The van der Waals surface area contributed by atoms with Gasteiger partial charge in [-0.05, 0) is 18.9 Å². The van der Waals surface area contributed by atoms with E-state index in [4.69, 9.17) is 0 Å². The van der Waals surface area contributed by atoms with Crippen molar-refractivity contribution in [2.45, 2.75) is 52.0 Å². The number of nitro groups is 1. The topological polar surface area (TPSA) is 110 Å². The number of imide groups is 1. The number of nitrogens with one attached hydrogen (secondary N) is 1. The number of hydrogen-bond donors (Lipinski definition) is 1. The lowest BCUT2D eigenvalue weighted by Crippen LogP contribution is -2.43. The van der Waals surface area contributed by atoms with Crippen molar-refractivity contribution in [1.29, 1.82) is 0 Å². The van der Waals surface area contributed by atoms with Gasteiger partial charge in [-0.3, -0.25) is 29.4 Å². The summed E-state index contributed by atoms with van der Waals surface area (Å²) >= 11 is 0. The molecule has 8 heteroatoms. The van der Waals surface area contributed by atoms with Crippen LogP contribution in [0.2, 0.25) is 0 Å². The van der Waals surface area contributed by atoms with Crippen molar-refractivity contribution < 1.29 is 19.3 Å². The number of amides is 3. The molecule has 140 valence electrons. The zero-order valence-electron chi connectivity index (χ0n) is 15.0. The molecule has 0 saturated carbocycles. The predicted octanol–water partition coefficient (Wildman–Crippen LogP) is 2.67. The van der Waals surface area contributed by atoms with E-state index < -0.39 is 22.6 Å². The molecule has 1 unspecified atom stereocenters. The van der Waals surface area contributed by atoms with E-state index in [1.807, 2.05) is 6.92 Å². The van der Waals surface area contributed by atoms with Crippen molar-refractivity contribution >= 4 is 23.4 Å². The minimum absolute atomic E-state index is 0.00493. The van der Waals surface area contributed by atoms with E-state index in [0.717, 1.165) is 43.1 Å². The number of fused-ring (bicyclic) bond motifs is 1. The van der Waals surface area contributed by atoms with Gasteiger partial charge in [0.1, 0.15) is 6.54 Å². The molecule has 0 fully saturated rings. The molecule has 1 aliphatic heterocycles. The van der Waals surface area contributed by atoms with Crippen LogP contribution in [-0.4, -0.2) is 40.1 Å². The molecule has 2 rings (SSSR count). The molecule has 0 aliphatic carbocycles. The van der Waals surface area contributed by atoms with Crippen LogP contribution in [0.4, 0.5) is 5.69 Å². The molecule has 3 amide bonds. The van der Waals surface area contributed by atoms with Crippen LogP contribution in [0.5, 0.6) is 0 Å². The number of carbonyl (C=O) groups excluding carboxylic acids is 3. The number of non-ortho nitro benzene ring substituents is 1. The third kappa shape index (κ3) is 4.25. The first-order valence-corrected chi connectivity index (χ1v) is 8.83. The molecule has 0 aromatic heterocycles. The second kappa shape index (κ2) is 8.55. The monoisotopic (exact) mass is 361 g/mol. The molecule has 1 atom stereocenters. The maximum atomic E-state index is 12.4. The van der Waals surface area contributed by atoms with E-state index in [2.05, 4.69) is 12.2 Å². The Bertz CT molecular complexity index is 732. The molecular weight excluding hydrogens is 338 g/mol. The van der Waals surface area contributed by atoms with Gasteiger partial charge >= 0.3 is 0 Å². The standard InChI is InChI=1S/C18H23N3O5/c1-3-5-6-7-12(4-2)19-16(22)11-20-17(23)14-9-8-13(21(25)26)10-15(14)18(20)24/h8-10,12H,3-7,11H2,1-2H3,(H,19,22). The molecule has 1 aliphatic rings. The van der Waals surface area contributed by atoms with Crippen molar-refractivity contribution in [3.05, 3.63) is 39.4 Å². The highest BCUT2D eigenvalue weighted by Gasteiger charge is 2.37. The normalized spacial score (nSPS) is 14.3. The van der Waals surface area contributed by atoms with Crippen LogP contribution in [0.15, 0.2) is 18.2 Å². The van der Waals surface area contributed by atoms with Crippen molar-refractivity contribution in [3.8, 4) is 0 Å². The fourth-order valence-corrected chi connectivity index (χ4v) is 2.97. The number of nitro benzene ring substituents is 1. The summed E-state index contributed by atoms with van der Waals surface area (Å²) in [5.74, 6) is -1.69. The highest BCUT2D eigenvalue weighted by molar-refractivity contribution is 6.22. The first-order valence-electron chi connectivity index (χ1n) is 8.83. The highest BCUT2D eigenvalue weighted by atomic mass is 16.6. The van der Waals surface area contributed by atoms with E-state index in [-0.39, 0.29) is 29.4 Å². The van der Waals surface area contributed by atoms with Crippen molar-refractivity contribution in [1.82, 2.24) is 10.2 Å². The van der Waals surface area contributed by atoms with Crippen LogP contribution < -0.4 is 5.32 Å². The van der Waals surface area contributed by atoms with E-state index in [1.54, 1.807) is 0 Å². The molecule has 1 aromatic rings. The van der Waals surface area contributed by atoms with E-state index in [0.29, 0.717) is 0 Å². The fraction of sp³-hybridized carbons (Fsp3) is 0.500. The van der Waals surface area contributed by atoms with Gasteiger partial charge in [-0.1, -0.05) is 33.1 Å². The summed E-state index contributed by atoms with van der Waals surface area (Å²) in [6.45, 7) is 3.69. The molecule has 0 spiro atoms. The Morgan fingerprint density at radius 2 is 1.88 bits per heavy atom. The molecule has 1 aromatic carbocycles. The molecule has 1 N–H and O–H groups in total. The van der Waals surface area contributed by atoms with Gasteiger partial charge in [0.2, 0.25) is 5.91 Å². The Hall–Kier alpha value is -2.77. The summed E-state index contributed by atoms with van der Waals surface area (Å²) in [5.41, 5.74) is -0.214. The average molecular weight is 361 g/mol. The van der Waals surface area contributed by atoms with Crippen LogP contribution in [0.1, 0.15) is 66.7 Å². The molecule has 1 heterocycles. The van der Waals surface area contributed by atoms with Gasteiger partial charge < -0.3 is 5.32 Å². The maximum absolute atomic E-state index is 12.4. The number of rotatable bonds is 9. The second-order valence-electron chi connectivity index (χ2n) is 6.35. The van der Waals surface area contributed by atoms with E-state index in [1.165, 1.54) is 12.1 Å². The van der Waals surface area contributed by atoms with Crippen LogP contribution in [0.25, 0.3) is 0 Å². The Morgan fingerprint density at radius 3 is 2.50 bits per heavy atom. The van der Waals surface area contributed by atoms with Gasteiger partial charge in [0.05, 0.1) is 16.1 Å². The van der Waals surface area contributed by atoms with E-state index >= 15 is 0 Å². The van der Waals surface area contributed by atoms with Gasteiger partial charge in [-0.15, -0.1) is 0 Å². The van der Waals surface area contributed by atoms with Crippen LogP contribution >= 0.6 is 0 Å². The Morgan fingerprint density at radius 1 is 1.19 bits per heavy atom. The van der Waals surface area contributed by atoms with Crippen molar-refractivity contribution in [2.75, 3.05) is 6.54 Å². The molecule has 0 saturated heterocycles. The van der Waals surface area contributed by atoms with Crippen molar-refractivity contribution in [2.24, 2.45) is 0 Å². The summed E-state index contributed by atoms with van der Waals surface area (Å²) in [4.78, 5) is 48.0. The SMILES string of the molecule is CCCCCC(CC)NC(=O)CN1C(=O)c2ccc([N+](=O)[O-])cc2C1=O. The Labute approximate surface area is 151 Å². The fourth-order valence-electron chi connectivity index (χ4n) is 2.97. The third-order valence-corrected chi connectivity index (χ3v) is 4.48. The number of benzene rings is 1. The van der Waals surface area contributed by atoms with Crippen LogP contribution in [-0.2, 0) is 4.79 Å².